The van der Waals surface area contributed by atoms with Crippen molar-refractivity contribution in [3.8, 4) is 11.3 Å². The number of aromatic nitrogens is 2. The molecule has 2 aromatic carbocycles. The number of hydrogen-bond acceptors (Lipinski definition) is 10. The van der Waals surface area contributed by atoms with E-state index in [0.717, 1.165) is 13.0 Å². The summed E-state index contributed by atoms with van der Waals surface area (Å²) in [5, 5.41) is 31.4. The number of halogens is 1. The number of nitrogens with zero attached hydrogens (tertiary/aromatic N) is 4. The van der Waals surface area contributed by atoms with E-state index in [1.165, 1.54) is 18.3 Å². The number of aliphatic hydroxyl groups excluding tert-OH is 2. The van der Waals surface area contributed by atoms with Crippen molar-refractivity contribution in [3.63, 3.8) is 0 Å². The van der Waals surface area contributed by atoms with Crippen LogP contribution in [0.25, 0.3) is 11.3 Å². The number of carbonyl (C=O) groups excluding carboxylic acids is 1. The highest BCUT2D eigenvalue weighted by Gasteiger charge is 2.22. The molecule has 1 atom stereocenters. The van der Waals surface area contributed by atoms with E-state index in [-0.39, 0.29) is 54.7 Å². The largest absolute Gasteiger partial charge is 0.419 e. The van der Waals surface area contributed by atoms with E-state index in [2.05, 4.69) is 24.0 Å². The Morgan fingerprint density at radius 2 is 1.71 bits per heavy atom. The average Bonchev–Trinajstić information content (AvgIpc) is 3.18. The molecular weight excluding hydrogens is 564 g/mol. The molecule has 0 aliphatic carbocycles. The number of amides is 1. The number of benzene rings is 2. The van der Waals surface area contributed by atoms with Gasteiger partial charge < -0.3 is 31.1 Å². The summed E-state index contributed by atoms with van der Waals surface area (Å²) in [5.41, 5.74) is 6.90. The third-order valence-electron chi connectivity index (χ3n) is 5.57. The minimum Gasteiger partial charge on any atom is -0.419 e. The molecule has 1 fully saturated rings. The summed E-state index contributed by atoms with van der Waals surface area (Å²) in [6.45, 7) is 6.52. The fourth-order valence-electron chi connectivity index (χ4n) is 3.66. The molecular formula is C28H41FN7O5P. The smallest absolute Gasteiger partial charge is 0.256 e. The third kappa shape index (κ3) is 10.5. The summed E-state index contributed by atoms with van der Waals surface area (Å²) in [6, 6.07) is 12.9. The molecule has 3 aromatic rings. The van der Waals surface area contributed by atoms with Gasteiger partial charge >= 0.3 is 0 Å². The quantitative estimate of drug-likeness (QED) is 0.169. The molecule has 42 heavy (non-hydrogen) atoms. The Balaban J connectivity index is 0.00000204. The summed E-state index contributed by atoms with van der Waals surface area (Å²) in [5.74, 6) is -1.78. The van der Waals surface area contributed by atoms with E-state index in [4.69, 9.17) is 31.5 Å². The Morgan fingerprint density at radius 3 is 2.33 bits per heavy atom. The normalized spacial score (nSPS) is 12.8. The standard InChI is InChI=1S/C24H25FN7O2P.2C2H6O.H2O.H2/c25-18-13-16(7-8-17(18)24(33)31-9-4-10-32(35)12-11-31)19-14-29-21(26)20(30-19)23(28)34-22(27)15-5-2-1-3-6-15;2*1-2-3;;/h1-3,5-8,13-14,27-28H,4,9-12,35H2,(H2,26,29);2*3H,2H2,1H3;1H2;1H. The molecule has 2 heterocycles. The lowest BCUT2D eigenvalue weighted by atomic mass is 10.1. The molecule has 0 radical (unpaired) electrons. The molecule has 1 aliphatic heterocycles. The topological polar surface area (TPSA) is 204 Å². The van der Waals surface area contributed by atoms with Crippen molar-refractivity contribution < 1.29 is 31.0 Å². The van der Waals surface area contributed by atoms with Crippen LogP contribution in [0.15, 0.2) is 54.7 Å². The zero-order valence-corrected chi connectivity index (χ0v) is 24.8. The molecule has 4 rings (SSSR count). The molecule has 14 heteroatoms. The number of rotatable bonds is 4. The number of hydrogen-bond donors (Lipinski definition) is 5. The zero-order valence-electron chi connectivity index (χ0n) is 23.7. The maximum absolute atomic E-state index is 15.0. The first-order valence-electron chi connectivity index (χ1n) is 13.0. The second-order valence-corrected chi connectivity index (χ2v) is 9.35. The lowest BCUT2D eigenvalue weighted by molar-refractivity contribution is 0.0760. The molecule has 12 nitrogen and oxygen atoms in total. The summed E-state index contributed by atoms with van der Waals surface area (Å²) in [6.07, 6.45) is 2.17. The van der Waals surface area contributed by atoms with Gasteiger partial charge in [-0.25, -0.2) is 14.4 Å². The number of anilines is 1. The van der Waals surface area contributed by atoms with Crippen LogP contribution in [-0.2, 0) is 4.74 Å². The Hall–Kier alpha value is -3.87. The van der Waals surface area contributed by atoms with Crippen LogP contribution in [-0.4, -0.2) is 92.3 Å². The number of aliphatic hydroxyl groups is 2. The molecule has 1 aliphatic rings. The van der Waals surface area contributed by atoms with Gasteiger partial charge in [0.2, 0.25) is 11.8 Å². The van der Waals surface area contributed by atoms with Gasteiger partial charge in [0.25, 0.3) is 5.91 Å². The van der Waals surface area contributed by atoms with Gasteiger partial charge in [0.05, 0.1) is 17.5 Å². The van der Waals surface area contributed by atoms with Crippen LogP contribution in [0.1, 0.15) is 43.3 Å². The van der Waals surface area contributed by atoms with Crippen LogP contribution in [0.5, 0.6) is 0 Å². The van der Waals surface area contributed by atoms with Crippen molar-refractivity contribution in [2.24, 2.45) is 0 Å². The molecule has 1 aromatic heterocycles. The second-order valence-electron chi connectivity index (χ2n) is 8.62. The lowest BCUT2D eigenvalue weighted by Gasteiger charge is -2.21. The van der Waals surface area contributed by atoms with Crippen LogP contribution in [0.3, 0.4) is 0 Å². The van der Waals surface area contributed by atoms with Crippen LogP contribution >= 0.6 is 9.39 Å². The van der Waals surface area contributed by atoms with Crippen LogP contribution in [0, 0.1) is 16.6 Å². The highest BCUT2D eigenvalue weighted by atomic mass is 31.0. The van der Waals surface area contributed by atoms with Crippen molar-refractivity contribution in [2.45, 2.75) is 20.3 Å². The van der Waals surface area contributed by atoms with E-state index < -0.39 is 11.7 Å². The van der Waals surface area contributed by atoms with Gasteiger partial charge in [-0.15, -0.1) is 0 Å². The van der Waals surface area contributed by atoms with Gasteiger partial charge in [-0.3, -0.25) is 20.3 Å². The van der Waals surface area contributed by atoms with E-state index in [1.807, 2.05) is 0 Å². The van der Waals surface area contributed by atoms with Crippen LogP contribution in [0.4, 0.5) is 10.2 Å². The van der Waals surface area contributed by atoms with Crippen molar-refractivity contribution in [1.29, 1.82) is 10.8 Å². The minimum atomic E-state index is -0.670. The third-order valence-corrected chi connectivity index (χ3v) is 6.09. The minimum absolute atomic E-state index is 0. The summed E-state index contributed by atoms with van der Waals surface area (Å²) in [4.78, 5) is 22.9. The fraction of sp³-hybridized carbons (Fsp3) is 0.321. The number of ether oxygens (including phenoxy) is 1. The number of nitrogens with one attached hydrogen (secondary N) is 2. The van der Waals surface area contributed by atoms with E-state index in [9.17, 15) is 9.18 Å². The molecule has 0 bridgehead atoms. The number of nitrogens with two attached hydrogens (primary N) is 1. The van der Waals surface area contributed by atoms with Crippen LogP contribution in [0.2, 0.25) is 0 Å². The maximum Gasteiger partial charge on any atom is 0.256 e. The molecule has 1 saturated heterocycles. The van der Waals surface area contributed by atoms with Gasteiger partial charge in [0, 0.05) is 51.9 Å². The van der Waals surface area contributed by atoms with Crippen molar-refractivity contribution >= 4 is 32.9 Å². The van der Waals surface area contributed by atoms with Gasteiger partial charge in [0.1, 0.15) is 5.82 Å². The summed E-state index contributed by atoms with van der Waals surface area (Å²) in [7, 11) is 2.64. The lowest BCUT2D eigenvalue weighted by Crippen LogP contribution is -2.34. The predicted molar refractivity (Wildman–Crippen MR) is 166 cm³/mol. The van der Waals surface area contributed by atoms with Gasteiger partial charge in [-0.05, 0) is 44.5 Å². The monoisotopic (exact) mass is 605 g/mol. The van der Waals surface area contributed by atoms with Crippen molar-refractivity contribution in [3.05, 3.63) is 77.4 Å². The molecule has 8 N–H and O–H groups in total. The molecule has 0 spiro atoms. The van der Waals surface area contributed by atoms with Crippen LogP contribution < -0.4 is 5.73 Å². The molecule has 230 valence electrons. The van der Waals surface area contributed by atoms with E-state index in [0.29, 0.717) is 30.8 Å². The highest BCUT2D eigenvalue weighted by molar-refractivity contribution is 7.13. The first-order chi connectivity index (χ1) is 19.7. The summed E-state index contributed by atoms with van der Waals surface area (Å²) < 4.78 is 22.4. The number of nitrogen functional groups attached to an aromatic ring is 1. The van der Waals surface area contributed by atoms with Crippen molar-refractivity contribution in [2.75, 3.05) is 45.1 Å². The fourth-order valence-corrected chi connectivity index (χ4v) is 3.96. The highest BCUT2D eigenvalue weighted by Crippen LogP contribution is 2.23. The first kappa shape index (κ1) is 36.2. The van der Waals surface area contributed by atoms with E-state index in [1.54, 1.807) is 55.1 Å². The van der Waals surface area contributed by atoms with Gasteiger partial charge in [-0.1, -0.05) is 33.7 Å². The molecule has 0 saturated carbocycles. The molecule has 1 amide bonds. The Bertz CT molecular complexity index is 1320. The maximum atomic E-state index is 15.0. The summed E-state index contributed by atoms with van der Waals surface area (Å²) >= 11 is 0. The SMILES string of the molecule is CCO.CCO.N=C(OC(=N)c1nc(-c2ccc(C(=O)N3CCCN(P)CC3)c(F)c2)cnc1N)c1ccccc1.O.[HH]. The Labute approximate surface area is 248 Å². The first-order valence-corrected chi connectivity index (χ1v) is 13.5. The zero-order chi connectivity index (χ0) is 30.4. The van der Waals surface area contributed by atoms with Crippen molar-refractivity contribution in [1.82, 2.24) is 19.5 Å². The van der Waals surface area contributed by atoms with Gasteiger partial charge in [0.15, 0.2) is 11.5 Å². The van der Waals surface area contributed by atoms with Gasteiger partial charge in [-0.2, -0.15) is 0 Å². The Morgan fingerprint density at radius 1 is 1.07 bits per heavy atom. The van der Waals surface area contributed by atoms with E-state index >= 15 is 0 Å². The molecule has 1 unspecified atom stereocenters. The predicted octanol–water partition coefficient (Wildman–Crippen LogP) is 2.59. The average molecular weight is 606 g/mol. The second kappa shape index (κ2) is 18.5. The number of carbonyl (C=O) groups is 1. The Kier molecular flexibility index (Phi) is 16.0.